The van der Waals surface area contributed by atoms with E-state index in [1.807, 2.05) is 0 Å². The summed E-state index contributed by atoms with van der Waals surface area (Å²) < 4.78 is 37.8. The van der Waals surface area contributed by atoms with E-state index in [-0.39, 0.29) is 25.0 Å². The fourth-order valence-electron chi connectivity index (χ4n) is 2.47. The molecule has 0 aliphatic heterocycles. The zero-order valence-electron chi connectivity index (χ0n) is 11.3. The molecule has 1 aromatic rings. The number of hydrogen-bond acceptors (Lipinski definition) is 4. The highest BCUT2D eigenvalue weighted by Crippen LogP contribution is 2.48. The number of aliphatic hydroxyl groups is 1. The first kappa shape index (κ1) is 14.7. The largest absolute Gasteiger partial charge is 0.497 e. The zero-order chi connectivity index (χ0) is 15.0. The summed E-state index contributed by atoms with van der Waals surface area (Å²) in [6.07, 6.45) is 0.0132. The Kier molecular flexibility index (Phi) is 3.69. The number of methoxy groups -OCH3 is 1. The molecule has 1 aliphatic rings. The first-order valence-corrected chi connectivity index (χ1v) is 6.31. The number of esters is 1. The van der Waals surface area contributed by atoms with Crippen LogP contribution in [-0.2, 0) is 21.6 Å². The molecule has 1 unspecified atom stereocenters. The minimum atomic E-state index is -3.98. The van der Waals surface area contributed by atoms with Gasteiger partial charge in [-0.3, -0.25) is 0 Å². The molecule has 2 rings (SSSR count). The van der Waals surface area contributed by atoms with Gasteiger partial charge < -0.3 is 14.6 Å². The Morgan fingerprint density at radius 1 is 1.50 bits per heavy atom. The van der Waals surface area contributed by atoms with E-state index in [0.717, 1.165) is 0 Å². The number of aryl methyl sites for hydroxylation is 1. The predicted molar refractivity (Wildman–Crippen MR) is 66.8 cm³/mol. The third kappa shape index (κ3) is 2.04. The van der Waals surface area contributed by atoms with Gasteiger partial charge in [-0.25, -0.2) is 4.79 Å². The molecule has 1 atom stereocenters. The molecule has 20 heavy (non-hydrogen) atoms. The molecule has 1 aromatic carbocycles. The monoisotopic (exact) mass is 286 g/mol. The Balaban J connectivity index is 2.42. The fraction of sp³-hybridized carbons (Fsp3) is 0.500. The van der Waals surface area contributed by atoms with Crippen molar-refractivity contribution in [3.8, 4) is 5.75 Å². The van der Waals surface area contributed by atoms with E-state index in [4.69, 9.17) is 4.74 Å². The molecular weight excluding hydrogens is 270 g/mol. The minimum absolute atomic E-state index is 0.0522. The van der Waals surface area contributed by atoms with Crippen molar-refractivity contribution in [1.29, 1.82) is 0 Å². The lowest BCUT2D eigenvalue weighted by atomic mass is 9.88. The smallest absolute Gasteiger partial charge is 0.380 e. The van der Waals surface area contributed by atoms with E-state index < -0.39 is 17.5 Å². The van der Waals surface area contributed by atoms with Crippen molar-refractivity contribution in [1.82, 2.24) is 0 Å². The quantitative estimate of drug-likeness (QED) is 0.860. The second-order valence-electron chi connectivity index (χ2n) is 4.68. The summed E-state index contributed by atoms with van der Waals surface area (Å²) in [5.74, 6) is -5.17. The van der Waals surface area contributed by atoms with Crippen molar-refractivity contribution in [2.45, 2.75) is 31.3 Å². The van der Waals surface area contributed by atoms with Gasteiger partial charge in [0, 0.05) is 0 Å². The molecule has 4 nitrogen and oxygen atoms in total. The maximum Gasteiger partial charge on any atom is 0.380 e. The fourth-order valence-corrected chi connectivity index (χ4v) is 2.47. The predicted octanol–water partition coefficient (Wildman–Crippen LogP) is 2.03. The first-order valence-electron chi connectivity index (χ1n) is 6.31. The molecule has 1 N–H and O–H groups in total. The number of benzene rings is 1. The third-order valence-corrected chi connectivity index (χ3v) is 3.57. The molecule has 0 aromatic heterocycles. The Bertz CT molecular complexity index is 530. The lowest BCUT2D eigenvalue weighted by Crippen LogP contribution is -2.50. The molecular formula is C14H16F2O4. The van der Waals surface area contributed by atoms with Gasteiger partial charge in [-0.15, -0.1) is 0 Å². The number of carbonyl (C=O) groups excluding carboxylic acids is 1. The average molecular weight is 286 g/mol. The summed E-state index contributed by atoms with van der Waals surface area (Å²) in [6, 6.07) is 4.44. The van der Waals surface area contributed by atoms with Crippen LogP contribution in [0.4, 0.5) is 8.78 Å². The number of carbonyl (C=O) groups is 1. The Morgan fingerprint density at radius 3 is 2.80 bits per heavy atom. The molecule has 0 saturated carbocycles. The van der Waals surface area contributed by atoms with Crippen LogP contribution in [0.1, 0.15) is 24.5 Å². The minimum Gasteiger partial charge on any atom is -0.497 e. The number of fused-ring (bicyclic) bond motifs is 1. The van der Waals surface area contributed by atoms with Crippen LogP contribution in [-0.4, -0.2) is 30.7 Å². The normalized spacial score (nSPS) is 21.4. The van der Waals surface area contributed by atoms with Gasteiger partial charge in [0.15, 0.2) is 5.60 Å². The van der Waals surface area contributed by atoms with E-state index in [1.165, 1.54) is 26.2 Å². The molecule has 0 radical (unpaired) electrons. The van der Waals surface area contributed by atoms with Gasteiger partial charge in [-0.05, 0) is 43.0 Å². The lowest BCUT2D eigenvalue weighted by Gasteiger charge is -2.31. The summed E-state index contributed by atoms with van der Waals surface area (Å²) in [4.78, 5) is 11.4. The Hall–Kier alpha value is -1.69. The van der Waals surface area contributed by atoms with E-state index >= 15 is 0 Å². The van der Waals surface area contributed by atoms with Crippen molar-refractivity contribution in [3.05, 3.63) is 29.3 Å². The van der Waals surface area contributed by atoms with Crippen molar-refractivity contribution < 1.29 is 28.2 Å². The van der Waals surface area contributed by atoms with Crippen molar-refractivity contribution in [3.63, 3.8) is 0 Å². The van der Waals surface area contributed by atoms with Gasteiger partial charge in [0.2, 0.25) is 0 Å². The topological polar surface area (TPSA) is 55.8 Å². The van der Waals surface area contributed by atoms with Crippen LogP contribution in [0, 0.1) is 0 Å². The zero-order valence-corrected chi connectivity index (χ0v) is 11.3. The molecule has 0 fully saturated rings. The van der Waals surface area contributed by atoms with E-state index in [0.29, 0.717) is 11.3 Å². The van der Waals surface area contributed by atoms with Crippen LogP contribution in [0.5, 0.6) is 5.75 Å². The van der Waals surface area contributed by atoms with Crippen molar-refractivity contribution in [2.75, 3.05) is 13.7 Å². The molecule has 0 heterocycles. The highest BCUT2D eigenvalue weighted by atomic mass is 19.3. The van der Waals surface area contributed by atoms with Crippen molar-refractivity contribution in [2.24, 2.45) is 0 Å². The summed E-state index contributed by atoms with van der Waals surface area (Å²) in [5, 5.41) is 10.3. The average Bonchev–Trinajstić information content (AvgIpc) is 2.77. The summed E-state index contributed by atoms with van der Waals surface area (Å²) in [7, 11) is 1.47. The molecule has 6 heteroatoms. The SMILES string of the molecule is CCOC(=O)C(F)(F)C1(O)CCc2cc(OC)ccc21. The number of hydrogen-bond donors (Lipinski definition) is 1. The van der Waals surface area contributed by atoms with Gasteiger partial charge in [0.25, 0.3) is 0 Å². The number of halogens is 2. The van der Waals surface area contributed by atoms with Crippen LogP contribution in [0.3, 0.4) is 0 Å². The maximum atomic E-state index is 14.2. The van der Waals surface area contributed by atoms with Crippen LogP contribution < -0.4 is 4.74 Å². The Morgan fingerprint density at radius 2 is 2.20 bits per heavy atom. The van der Waals surface area contributed by atoms with Crippen LogP contribution in [0.15, 0.2) is 18.2 Å². The second kappa shape index (κ2) is 5.01. The second-order valence-corrected chi connectivity index (χ2v) is 4.68. The van der Waals surface area contributed by atoms with Gasteiger partial charge in [0.1, 0.15) is 5.75 Å². The van der Waals surface area contributed by atoms with E-state index in [1.54, 1.807) is 6.07 Å². The number of alkyl halides is 2. The third-order valence-electron chi connectivity index (χ3n) is 3.57. The number of rotatable bonds is 4. The van der Waals surface area contributed by atoms with E-state index in [2.05, 4.69) is 4.74 Å². The maximum absolute atomic E-state index is 14.2. The lowest BCUT2D eigenvalue weighted by molar-refractivity contribution is -0.216. The van der Waals surface area contributed by atoms with Crippen LogP contribution in [0.25, 0.3) is 0 Å². The van der Waals surface area contributed by atoms with Gasteiger partial charge in [-0.2, -0.15) is 8.78 Å². The molecule has 0 bridgehead atoms. The first-order chi connectivity index (χ1) is 9.36. The molecule has 0 spiro atoms. The molecule has 110 valence electrons. The van der Waals surface area contributed by atoms with E-state index in [9.17, 15) is 18.7 Å². The van der Waals surface area contributed by atoms with Crippen molar-refractivity contribution >= 4 is 5.97 Å². The summed E-state index contributed by atoms with van der Waals surface area (Å²) in [5.41, 5.74) is -1.92. The molecule has 0 saturated heterocycles. The van der Waals surface area contributed by atoms with Gasteiger partial charge in [-0.1, -0.05) is 6.07 Å². The van der Waals surface area contributed by atoms with Gasteiger partial charge in [0.05, 0.1) is 13.7 Å². The summed E-state index contributed by atoms with van der Waals surface area (Å²) in [6.45, 7) is 1.27. The highest BCUT2D eigenvalue weighted by Gasteiger charge is 2.62. The summed E-state index contributed by atoms with van der Waals surface area (Å²) >= 11 is 0. The Labute approximate surface area is 115 Å². The molecule has 0 amide bonds. The van der Waals surface area contributed by atoms with Crippen LogP contribution in [0.2, 0.25) is 0 Å². The standard InChI is InChI=1S/C14H16F2O4/c1-3-20-12(17)14(15,16)13(18)7-6-9-8-10(19-2)4-5-11(9)13/h4-5,8,18H,3,6-7H2,1-2H3. The van der Waals surface area contributed by atoms with Gasteiger partial charge >= 0.3 is 11.9 Å². The van der Waals surface area contributed by atoms with Crippen LogP contribution >= 0.6 is 0 Å². The molecule has 1 aliphatic carbocycles. The highest BCUT2D eigenvalue weighted by molar-refractivity contribution is 5.80. The number of ether oxygens (including phenoxy) is 2.